The van der Waals surface area contributed by atoms with Gasteiger partial charge in [0.2, 0.25) is 0 Å². The van der Waals surface area contributed by atoms with E-state index in [2.05, 4.69) is 52.8 Å². The molecule has 0 spiro atoms. The first-order valence-electron chi connectivity index (χ1n) is 8.68. The van der Waals surface area contributed by atoms with Crippen LogP contribution in [0.2, 0.25) is 0 Å². The number of ether oxygens (including phenoxy) is 1. The van der Waals surface area contributed by atoms with Crippen LogP contribution < -0.4 is 4.74 Å². The van der Waals surface area contributed by atoms with E-state index in [1.54, 1.807) is 0 Å². The van der Waals surface area contributed by atoms with Crippen LogP contribution in [0.15, 0.2) is 18.2 Å². The summed E-state index contributed by atoms with van der Waals surface area (Å²) in [6.07, 6.45) is 5.55. The molecule has 2 aliphatic carbocycles. The van der Waals surface area contributed by atoms with Gasteiger partial charge in [0.05, 0.1) is 0 Å². The monoisotopic (exact) mass is 286 g/mol. The second kappa shape index (κ2) is 5.34. The maximum Gasteiger partial charge on any atom is 0.127 e. The lowest BCUT2D eigenvalue weighted by Gasteiger charge is -2.29. The number of rotatable bonds is 5. The summed E-state index contributed by atoms with van der Waals surface area (Å²) in [6.45, 7) is 11.3. The van der Waals surface area contributed by atoms with Gasteiger partial charge in [0.1, 0.15) is 11.4 Å². The predicted molar refractivity (Wildman–Crippen MR) is 89.1 cm³/mol. The minimum atomic E-state index is -0.128. The molecule has 0 heterocycles. The number of hydrogen-bond donors (Lipinski definition) is 0. The third-order valence-electron chi connectivity index (χ3n) is 5.12. The van der Waals surface area contributed by atoms with Crippen molar-refractivity contribution in [3.8, 4) is 5.75 Å². The van der Waals surface area contributed by atoms with E-state index in [-0.39, 0.29) is 5.60 Å². The molecule has 0 saturated heterocycles. The Balaban J connectivity index is 1.99. The molecule has 1 aromatic carbocycles. The summed E-state index contributed by atoms with van der Waals surface area (Å²) in [5.74, 6) is 4.21. The van der Waals surface area contributed by atoms with E-state index in [4.69, 9.17) is 4.74 Å². The zero-order valence-electron chi connectivity index (χ0n) is 14.3. The highest BCUT2D eigenvalue weighted by Crippen LogP contribution is 2.50. The Morgan fingerprint density at radius 3 is 1.67 bits per heavy atom. The Labute approximate surface area is 130 Å². The summed E-state index contributed by atoms with van der Waals surface area (Å²) in [5, 5.41) is 0. The Morgan fingerprint density at radius 2 is 1.33 bits per heavy atom. The van der Waals surface area contributed by atoms with Crippen LogP contribution in [0.25, 0.3) is 0 Å². The summed E-state index contributed by atoms with van der Waals surface area (Å²) in [6, 6.07) is 6.85. The van der Waals surface area contributed by atoms with Crippen molar-refractivity contribution in [3.63, 3.8) is 0 Å². The molecule has 21 heavy (non-hydrogen) atoms. The molecule has 0 aliphatic heterocycles. The molecule has 1 unspecified atom stereocenters. The molecule has 0 N–H and O–H groups in total. The molecule has 2 saturated carbocycles. The van der Waals surface area contributed by atoms with Crippen LogP contribution in [0.3, 0.4) is 0 Å². The minimum absolute atomic E-state index is 0.128. The Morgan fingerprint density at radius 1 is 0.905 bits per heavy atom. The standard InChI is InChI=1S/C20H30O/c1-13(15-9-10-15)17-7-6-8-18(14(2)16-11-12-16)19(17)21-20(3,4)5/h6-8,13-16H,9-12H2,1-5H3/t13-,14?/m0/s1. The van der Waals surface area contributed by atoms with Crippen LogP contribution >= 0.6 is 0 Å². The number of para-hydroxylation sites is 1. The third-order valence-corrected chi connectivity index (χ3v) is 5.12. The number of benzene rings is 1. The minimum Gasteiger partial charge on any atom is -0.488 e. The fourth-order valence-electron chi connectivity index (χ4n) is 3.41. The van der Waals surface area contributed by atoms with Gasteiger partial charge >= 0.3 is 0 Å². The topological polar surface area (TPSA) is 9.23 Å². The highest BCUT2D eigenvalue weighted by Gasteiger charge is 2.35. The summed E-state index contributed by atoms with van der Waals surface area (Å²) < 4.78 is 6.46. The maximum atomic E-state index is 6.46. The van der Waals surface area contributed by atoms with Crippen molar-refractivity contribution in [2.75, 3.05) is 0 Å². The predicted octanol–water partition coefficient (Wildman–Crippen LogP) is 5.89. The quantitative estimate of drug-likeness (QED) is 0.655. The van der Waals surface area contributed by atoms with Gasteiger partial charge in [0.25, 0.3) is 0 Å². The van der Waals surface area contributed by atoms with E-state index < -0.39 is 0 Å². The Kier molecular flexibility index (Phi) is 3.80. The summed E-state index contributed by atoms with van der Waals surface area (Å²) in [4.78, 5) is 0. The van der Waals surface area contributed by atoms with Crippen molar-refractivity contribution in [1.82, 2.24) is 0 Å². The molecule has 0 radical (unpaired) electrons. The molecule has 2 aliphatic rings. The first-order valence-corrected chi connectivity index (χ1v) is 8.68. The van der Waals surface area contributed by atoms with E-state index in [1.165, 1.54) is 42.6 Å². The first kappa shape index (κ1) is 14.9. The Bertz CT molecular complexity index is 467. The molecule has 2 atom stereocenters. The second-order valence-electron chi connectivity index (χ2n) is 8.23. The molecule has 0 bridgehead atoms. The van der Waals surface area contributed by atoms with Crippen LogP contribution in [0.5, 0.6) is 5.75 Å². The fraction of sp³-hybridized carbons (Fsp3) is 0.700. The molecule has 0 aromatic heterocycles. The lowest BCUT2D eigenvalue weighted by atomic mass is 9.88. The van der Waals surface area contributed by atoms with Gasteiger partial charge in [-0.2, -0.15) is 0 Å². The zero-order valence-corrected chi connectivity index (χ0v) is 14.3. The fourth-order valence-corrected chi connectivity index (χ4v) is 3.41. The van der Waals surface area contributed by atoms with Crippen LogP contribution in [-0.2, 0) is 0 Å². The van der Waals surface area contributed by atoms with Gasteiger partial charge in [0, 0.05) is 0 Å². The van der Waals surface area contributed by atoms with E-state index in [0.717, 1.165) is 11.8 Å². The van der Waals surface area contributed by atoms with E-state index in [0.29, 0.717) is 11.8 Å². The van der Waals surface area contributed by atoms with Crippen molar-refractivity contribution in [2.24, 2.45) is 11.8 Å². The maximum absolute atomic E-state index is 6.46. The van der Waals surface area contributed by atoms with Crippen molar-refractivity contribution in [3.05, 3.63) is 29.3 Å². The van der Waals surface area contributed by atoms with Gasteiger partial charge in [-0.05, 0) is 81.3 Å². The first-order chi connectivity index (χ1) is 9.87. The van der Waals surface area contributed by atoms with Gasteiger partial charge < -0.3 is 4.74 Å². The van der Waals surface area contributed by atoms with Crippen LogP contribution in [0.1, 0.15) is 83.3 Å². The molecule has 116 valence electrons. The van der Waals surface area contributed by atoms with Crippen LogP contribution in [0, 0.1) is 11.8 Å². The van der Waals surface area contributed by atoms with Gasteiger partial charge in [-0.25, -0.2) is 0 Å². The summed E-state index contributed by atoms with van der Waals surface area (Å²) in [7, 11) is 0. The lowest BCUT2D eigenvalue weighted by Crippen LogP contribution is -2.25. The molecular weight excluding hydrogens is 256 g/mol. The number of hydrogen-bond acceptors (Lipinski definition) is 1. The third kappa shape index (κ3) is 3.44. The average molecular weight is 286 g/mol. The van der Waals surface area contributed by atoms with E-state index in [9.17, 15) is 0 Å². The molecular formula is C20H30O. The Hall–Kier alpha value is -0.980. The highest BCUT2D eigenvalue weighted by atomic mass is 16.5. The molecule has 1 aromatic rings. The summed E-state index contributed by atoms with van der Waals surface area (Å²) >= 11 is 0. The molecule has 1 nitrogen and oxygen atoms in total. The van der Waals surface area contributed by atoms with Gasteiger partial charge in [-0.3, -0.25) is 0 Å². The van der Waals surface area contributed by atoms with Crippen molar-refractivity contribution >= 4 is 0 Å². The molecule has 0 amide bonds. The van der Waals surface area contributed by atoms with Gasteiger partial charge in [-0.15, -0.1) is 0 Å². The average Bonchev–Trinajstić information content (AvgIpc) is 3.28. The van der Waals surface area contributed by atoms with Gasteiger partial charge in [-0.1, -0.05) is 32.0 Å². The van der Waals surface area contributed by atoms with Crippen LogP contribution in [0.4, 0.5) is 0 Å². The van der Waals surface area contributed by atoms with Crippen molar-refractivity contribution < 1.29 is 4.74 Å². The second-order valence-corrected chi connectivity index (χ2v) is 8.23. The highest BCUT2D eigenvalue weighted by molar-refractivity contribution is 5.46. The largest absolute Gasteiger partial charge is 0.488 e. The van der Waals surface area contributed by atoms with Crippen LogP contribution in [-0.4, -0.2) is 5.60 Å². The van der Waals surface area contributed by atoms with E-state index in [1.807, 2.05) is 0 Å². The van der Waals surface area contributed by atoms with Crippen molar-refractivity contribution in [1.29, 1.82) is 0 Å². The molecule has 3 rings (SSSR count). The van der Waals surface area contributed by atoms with E-state index >= 15 is 0 Å². The SMILES string of the molecule is CC(c1cccc([C@@H](C)C2CC2)c1OC(C)(C)C)C1CC1. The zero-order chi connectivity index (χ0) is 15.2. The lowest BCUT2D eigenvalue weighted by molar-refractivity contribution is 0.126. The molecule has 2 fully saturated rings. The normalized spacial score (nSPS) is 22.0. The summed E-state index contributed by atoms with van der Waals surface area (Å²) in [5.41, 5.74) is 2.76. The van der Waals surface area contributed by atoms with Gasteiger partial charge in [0.15, 0.2) is 0 Å². The molecule has 1 heteroatoms. The van der Waals surface area contributed by atoms with Crippen molar-refractivity contribution in [2.45, 2.75) is 77.7 Å². The smallest absolute Gasteiger partial charge is 0.127 e.